The van der Waals surface area contributed by atoms with Gasteiger partial charge in [-0.1, -0.05) is 46.4 Å². The molecule has 0 spiro atoms. The van der Waals surface area contributed by atoms with Crippen molar-refractivity contribution in [3.63, 3.8) is 0 Å². The fourth-order valence-electron chi connectivity index (χ4n) is 0.956. The van der Waals surface area contributed by atoms with E-state index in [0.29, 0.717) is 5.02 Å². The van der Waals surface area contributed by atoms with Crippen LogP contribution in [0.25, 0.3) is 0 Å². The Morgan fingerprint density at radius 1 is 1.33 bits per heavy atom. The van der Waals surface area contributed by atoms with Gasteiger partial charge in [0.15, 0.2) is 6.23 Å². The Morgan fingerprint density at radius 3 is 2.39 bits per heavy atom. The molecule has 0 aliphatic heterocycles. The molecule has 3 nitrogen and oxygen atoms in total. The average Bonchev–Trinajstić information content (AvgIpc) is 2.27. The van der Waals surface area contributed by atoms with E-state index in [1.807, 2.05) is 0 Å². The molecule has 0 heterocycles. The lowest BCUT2D eigenvalue weighted by molar-refractivity contribution is -0.121. The van der Waals surface area contributed by atoms with Gasteiger partial charge in [-0.15, -0.1) is 11.8 Å². The number of rotatable bonds is 4. The summed E-state index contributed by atoms with van der Waals surface area (Å²) in [5.74, 6) is -0.340. The highest BCUT2D eigenvalue weighted by Crippen LogP contribution is 2.29. The average molecular weight is 349 g/mol. The Labute approximate surface area is 129 Å². The number of carbonyl (C=O) groups excluding carboxylic acids is 1. The SMILES string of the molecule is O=C(CSc1ccc(Cl)cc1)N[C@H](O)C(Cl)(Cl)Cl. The summed E-state index contributed by atoms with van der Waals surface area (Å²) in [6.07, 6.45) is -1.54. The monoisotopic (exact) mass is 347 g/mol. The second-order valence-electron chi connectivity index (χ2n) is 3.25. The zero-order valence-corrected chi connectivity index (χ0v) is 12.7. The van der Waals surface area contributed by atoms with E-state index in [9.17, 15) is 9.90 Å². The highest BCUT2D eigenvalue weighted by molar-refractivity contribution is 8.00. The topological polar surface area (TPSA) is 49.3 Å². The smallest absolute Gasteiger partial charge is 0.234 e. The first kappa shape index (κ1) is 16.2. The van der Waals surface area contributed by atoms with Crippen molar-refractivity contribution in [3.05, 3.63) is 29.3 Å². The third kappa shape index (κ3) is 5.87. The summed E-state index contributed by atoms with van der Waals surface area (Å²) in [4.78, 5) is 12.3. The Balaban J connectivity index is 2.40. The van der Waals surface area contributed by atoms with Gasteiger partial charge in [0.05, 0.1) is 5.75 Å². The molecule has 2 N–H and O–H groups in total. The number of aliphatic hydroxyl groups excluding tert-OH is 1. The standard InChI is InChI=1S/C10H9Cl4NO2S/c11-6-1-3-7(4-2-6)18-5-8(16)15-9(17)10(12,13)14/h1-4,9,17H,5H2,(H,15,16)/t9-/m1/s1. The predicted octanol–water partition coefficient (Wildman–Crippen LogP) is 3.24. The summed E-state index contributed by atoms with van der Waals surface area (Å²) < 4.78 is -1.94. The van der Waals surface area contributed by atoms with Crippen LogP contribution in [0.2, 0.25) is 5.02 Å². The third-order valence-corrected chi connectivity index (χ3v) is 3.68. The van der Waals surface area contributed by atoms with E-state index < -0.39 is 15.9 Å². The minimum Gasteiger partial charge on any atom is -0.369 e. The zero-order chi connectivity index (χ0) is 13.8. The minimum absolute atomic E-state index is 0.0967. The zero-order valence-electron chi connectivity index (χ0n) is 8.87. The third-order valence-electron chi connectivity index (χ3n) is 1.79. The molecule has 0 fully saturated rings. The lowest BCUT2D eigenvalue weighted by Gasteiger charge is -2.19. The van der Waals surface area contributed by atoms with Crippen molar-refractivity contribution >= 4 is 64.1 Å². The second kappa shape index (κ2) is 7.08. The minimum atomic E-state index is -1.94. The summed E-state index contributed by atoms with van der Waals surface area (Å²) in [6.45, 7) is 0. The Bertz CT molecular complexity index is 407. The number of amides is 1. The highest BCUT2D eigenvalue weighted by atomic mass is 35.6. The van der Waals surface area contributed by atoms with Crippen molar-refractivity contribution in [2.24, 2.45) is 0 Å². The molecule has 1 aromatic rings. The summed E-state index contributed by atoms with van der Waals surface area (Å²) in [6, 6.07) is 7.01. The number of alkyl halides is 3. The van der Waals surface area contributed by atoms with E-state index in [1.54, 1.807) is 24.3 Å². The van der Waals surface area contributed by atoms with Gasteiger partial charge in [0, 0.05) is 9.92 Å². The largest absolute Gasteiger partial charge is 0.369 e. The molecule has 1 atom stereocenters. The van der Waals surface area contributed by atoms with Gasteiger partial charge in [0.25, 0.3) is 0 Å². The number of hydrogen-bond donors (Lipinski definition) is 2. The van der Waals surface area contributed by atoms with Crippen LogP contribution in [-0.2, 0) is 4.79 Å². The number of nitrogens with one attached hydrogen (secondary N) is 1. The van der Waals surface area contributed by atoms with Crippen LogP contribution in [0.5, 0.6) is 0 Å². The molecule has 1 rings (SSSR count). The summed E-state index contributed by atoms with van der Waals surface area (Å²) in [5.41, 5.74) is 0. The number of thioether (sulfide) groups is 1. The van der Waals surface area contributed by atoms with E-state index >= 15 is 0 Å². The molecule has 0 saturated carbocycles. The van der Waals surface area contributed by atoms with Crippen molar-refractivity contribution in [1.82, 2.24) is 5.32 Å². The van der Waals surface area contributed by atoms with Crippen molar-refractivity contribution in [2.45, 2.75) is 14.9 Å². The molecular formula is C10H9Cl4NO2S. The molecule has 1 amide bonds. The molecule has 0 aliphatic rings. The predicted molar refractivity (Wildman–Crippen MR) is 76.6 cm³/mol. The van der Waals surface area contributed by atoms with Gasteiger partial charge in [-0.25, -0.2) is 0 Å². The van der Waals surface area contributed by atoms with Crippen molar-refractivity contribution < 1.29 is 9.90 Å². The quantitative estimate of drug-likeness (QED) is 0.499. The van der Waals surface area contributed by atoms with Crippen LogP contribution in [0.4, 0.5) is 0 Å². The maximum absolute atomic E-state index is 11.4. The van der Waals surface area contributed by atoms with E-state index in [0.717, 1.165) is 4.90 Å². The van der Waals surface area contributed by atoms with E-state index in [2.05, 4.69) is 5.32 Å². The van der Waals surface area contributed by atoms with Gasteiger partial charge in [-0.2, -0.15) is 0 Å². The fraction of sp³-hybridized carbons (Fsp3) is 0.300. The molecule has 100 valence electrons. The number of halogens is 4. The molecule has 0 unspecified atom stereocenters. The molecular weight excluding hydrogens is 340 g/mol. The van der Waals surface area contributed by atoms with Gasteiger partial charge in [-0.05, 0) is 24.3 Å². The Kier molecular flexibility index (Phi) is 6.38. The summed E-state index contributed by atoms with van der Waals surface area (Å²) >= 11 is 23.2. The van der Waals surface area contributed by atoms with Crippen LogP contribution in [-0.4, -0.2) is 26.8 Å². The number of hydrogen-bond acceptors (Lipinski definition) is 3. The maximum Gasteiger partial charge on any atom is 0.234 e. The Hall–Kier alpha value is 0.160. The highest BCUT2D eigenvalue weighted by Gasteiger charge is 2.31. The normalized spacial score (nSPS) is 13.2. The van der Waals surface area contributed by atoms with Gasteiger partial charge in [-0.3, -0.25) is 4.79 Å². The number of carbonyl (C=O) groups is 1. The Morgan fingerprint density at radius 2 is 1.89 bits per heavy atom. The molecule has 0 radical (unpaired) electrons. The van der Waals surface area contributed by atoms with Crippen molar-refractivity contribution in [1.29, 1.82) is 0 Å². The molecule has 0 aliphatic carbocycles. The first-order chi connectivity index (χ1) is 8.29. The molecule has 8 heteroatoms. The fourth-order valence-corrected chi connectivity index (χ4v) is 1.95. The first-order valence-corrected chi connectivity index (χ1v) is 7.21. The number of benzene rings is 1. The van der Waals surface area contributed by atoms with Crippen LogP contribution < -0.4 is 5.32 Å². The van der Waals surface area contributed by atoms with E-state index in [-0.39, 0.29) is 5.75 Å². The first-order valence-electron chi connectivity index (χ1n) is 4.71. The lowest BCUT2D eigenvalue weighted by atomic mass is 10.4. The van der Waals surface area contributed by atoms with Crippen LogP contribution in [0.15, 0.2) is 29.2 Å². The van der Waals surface area contributed by atoms with Gasteiger partial charge < -0.3 is 10.4 Å². The van der Waals surface area contributed by atoms with Crippen molar-refractivity contribution in [3.8, 4) is 0 Å². The van der Waals surface area contributed by atoms with Gasteiger partial charge in [0.2, 0.25) is 9.70 Å². The van der Waals surface area contributed by atoms with Crippen LogP contribution in [0, 0.1) is 0 Å². The molecule has 0 aromatic heterocycles. The molecule has 0 bridgehead atoms. The molecule has 18 heavy (non-hydrogen) atoms. The second-order valence-corrected chi connectivity index (χ2v) is 7.11. The molecule has 0 saturated heterocycles. The van der Waals surface area contributed by atoms with E-state index in [1.165, 1.54) is 11.8 Å². The van der Waals surface area contributed by atoms with Crippen molar-refractivity contribution in [2.75, 3.05) is 5.75 Å². The lowest BCUT2D eigenvalue weighted by Crippen LogP contribution is -2.44. The summed E-state index contributed by atoms with van der Waals surface area (Å²) in [5, 5.41) is 12.1. The van der Waals surface area contributed by atoms with Gasteiger partial charge >= 0.3 is 0 Å². The van der Waals surface area contributed by atoms with Crippen LogP contribution in [0.1, 0.15) is 0 Å². The van der Waals surface area contributed by atoms with E-state index in [4.69, 9.17) is 46.4 Å². The maximum atomic E-state index is 11.4. The molecule has 1 aromatic carbocycles. The summed E-state index contributed by atoms with van der Waals surface area (Å²) in [7, 11) is 0. The van der Waals surface area contributed by atoms with Crippen LogP contribution in [0.3, 0.4) is 0 Å². The number of aliphatic hydroxyl groups is 1. The van der Waals surface area contributed by atoms with Gasteiger partial charge in [0.1, 0.15) is 0 Å². The van der Waals surface area contributed by atoms with Crippen LogP contribution >= 0.6 is 58.2 Å².